The van der Waals surface area contributed by atoms with Crippen LogP contribution in [0.5, 0.6) is 0 Å². The van der Waals surface area contributed by atoms with Gasteiger partial charge in [-0.2, -0.15) is 5.10 Å². The Hall–Kier alpha value is -1.36. The summed E-state index contributed by atoms with van der Waals surface area (Å²) in [5.74, 6) is 0.595. The highest BCUT2D eigenvalue weighted by molar-refractivity contribution is 5.89. The van der Waals surface area contributed by atoms with E-state index in [0.717, 1.165) is 12.8 Å². The van der Waals surface area contributed by atoms with Crippen molar-refractivity contribution >= 4 is 11.7 Å². The van der Waals surface area contributed by atoms with Gasteiger partial charge in [-0.1, -0.05) is 0 Å². The molecule has 1 atom stereocenters. The van der Waals surface area contributed by atoms with Crippen molar-refractivity contribution in [3.63, 3.8) is 0 Å². The summed E-state index contributed by atoms with van der Waals surface area (Å²) in [7, 11) is 1.81. The van der Waals surface area contributed by atoms with Gasteiger partial charge in [-0.25, -0.2) is 0 Å². The SMILES string of the molecule is CC(N)CCCC(=O)Nc1ccn(C)n1. The van der Waals surface area contributed by atoms with Gasteiger partial charge in [0, 0.05) is 31.8 Å². The molecular formula is C10H18N4O. The van der Waals surface area contributed by atoms with Crippen molar-refractivity contribution in [3.05, 3.63) is 12.3 Å². The van der Waals surface area contributed by atoms with Gasteiger partial charge in [-0.15, -0.1) is 0 Å². The minimum atomic E-state index is -0.00523. The van der Waals surface area contributed by atoms with Crippen LogP contribution in [-0.2, 0) is 11.8 Å². The third-order valence-corrected chi connectivity index (χ3v) is 2.04. The zero-order valence-corrected chi connectivity index (χ0v) is 9.23. The predicted octanol–water partition coefficient (Wildman–Crippen LogP) is 0.876. The van der Waals surface area contributed by atoms with Crippen molar-refractivity contribution in [3.8, 4) is 0 Å². The molecule has 1 aromatic rings. The molecule has 0 aromatic carbocycles. The number of nitrogens with one attached hydrogen (secondary N) is 1. The largest absolute Gasteiger partial charge is 0.328 e. The monoisotopic (exact) mass is 210 g/mol. The van der Waals surface area contributed by atoms with Crippen LogP contribution in [0, 0.1) is 0 Å². The number of nitrogens with two attached hydrogens (primary N) is 1. The van der Waals surface area contributed by atoms with Crippen LogP contribution in [0.2, 0.25) is 0 Å². The summed E-state index contributed by atoms with van der Waals surface area (Å²) in [5.41, 5.74) is 5.59. The fourth-order valence-corrected chi connectivity index (χ4v) is 1.27. The first-order valence-corrected chi connectivity index (χ1v) is 5.13. The molecule has 3 N–H and O–H groups in total. The van der Waals surface area contributed by atoms with E-state index in [-0.39, 0.29) is 11.9 Å². The number of aromatic nitrogens is 2. The fourth-order valence-electron chi connectivity index (χ4n) is 1.27. The first kappa shape index (κ1) is 11.7. The Bertz CT molecular complexity index is 319. The molecule has 1 heterocycles. The summed E-state index contributed by atoms with van der Waals surface area (Å²) in [5, 5.41) is 6.78. The summed E-state index contributed by atoms with van der Waals surface area (Å²) in [6, 6.07) is 1.93. The molecule has 1 amide bonds. The molecule has 1 aromatic heterocycles. The van der Waals surface area contributed by atoms with Gasteiger partial charge >= 0.3 is 0 Å². The second kappa shape index (κ2) is 5.50. The molecule has 84 valence electrons. The Morgan fingerprint density at radius 3 is 3.00 bits per heavy atom. The molecular weight excluding hydrogens is 192 g/mol. The van der Waals surface area contributed by atoms with Crippen molar-refractivity contribution in [1.82, 2.24) is 9.78 Å². The first-order valence-electron chi connectivity index (χ1n) is 5.13. The highest BCUT2D eigenvalue weighted by atomic mass is 16.1. The molecule has 0 saturated heterocycles. The molecule has 5 nitrogen and oxygen atoms in total. The van der Waals surface area contributed by atoms with Gasteiger partial charge in [0.25, 0.3) is 0 Å². The standard InChI is InChI=1S/C10H18N4O/c1-8(11)4-3-5-10(15)12-9-6-7-14(2)13-9/h6-8H,3-5,11H2,1-2H3,(H,12,13,15). The van der Waals surface area contributed by atoms with Gasteiger partial charge in [0.1, 0.15) is 0 Å². The molecule has 15 heavy (non-hydrogen) atoms. The average Bonchev–Trinajstić information content (AvgIpc) is 2.50. The number of nitrogens with zero attached hydrogens (tertiary/aromatic N) is 2. The van der Waals surface area contributed by atoms with E-state index in [0.29, 0.717) is 12.2 Å². The van der Waals surface area contributed by atoms with E-state index in [2.05, 4.69) is 10.4 Å². The third-order valence-electron chi connectivity index (χ3n) is 2.04. The molecule has 0 aliphatic heterocycles. The van der Waals surface area contributed by atoms with Gasteiger partial charge < -0.3 is 11.1 Å². The summed E-state index contributed by atoms with van der Waals surface area (Å²) in [4.78, 5) is 11.4. The third kappa shape index (κ3) is 4.60. The van der Waals surface area contributed by atoms with Gasteiger partial charge in [-0.05, 0) is 19.8 Å². The lowest BCUT2D eigenvalue weighted by Gasteiger charge is -2.04. The minimum absolute atomic E-state index is 0.00523. The van der Waals surface area contributed by atoms with Gasteiger partial charge in [0.15, 0.2) is 5.82 Å². The quantitative estimate of drug-likeness (QED) is 0.757. The van der Waals surface area contributed by atoms with E-state index in [9.17, 15) is 4.79 Å². The lowest BCUT2D eigenvalue weighted by atomic mass is 10.1. The normalized spacial score (nSPS) is 12.5. The van der Waals surface area contributed by atoms with E-state index < -0.39 is 0 Å². The van der Waals surface area contributed by atoms with Gasteiger partial charge in [0.2, 0.25) is 5.91 Å². The number of anilines is 1. The van der Waals surface area contributed by atoms with Crippen molar-refractivity contribution in [2.24, 2.45) is 12.8 Å². The number of hydrogen-bond donors (Lipinski definition) is 2. The molecule has 5 heteroatoms. The maximum absolute atomic E-state index is 11.4. The summed E-state index contributed by atoms with van der Waals surface area (Å²) >= 11 is 0. The first-order chi connectivity index (χ1) is 7.08. The van der Waals surface area contributed by atoms with Crippen LogP contribution >= 0.6 is 0 Å². The Morgan fingerprint density at radius 2 is 2.47 bits per heavy atom. The van der Waals surface area contributed by atoms with Crippen LogP contribution in [-0.4, -0.2) is 21.7 Å². The Morgan fingerprint density at radius 1 is 1.73 bits per heavy atom. The zero-order chi connectivity index (χ0) is 11.3. The lowest BCUT2D eigenvalue weighted by molar-refractivity contribution is -0.116. The number of amides is 1. The highest BCUT2D eigenvalue weighted by Gasteiger charge is 2.04. The molecule has 0 aliphatic rings. The van der Waals surface area contributed by atoms with Crippen molar-refractivity contribution in [1.29, 1.82) is 0 Å². The smallest absolute Gasteiger partial charge is 0.225 e. The maximum atomic E-state index is 11.4. The van der Waals surface area contributed by atoms with Crippen LogP contribution in [0.15, 0.2) is 12.3 Å². The van der Waals surface area contributed by atoms with Gasteiger partial charge in [-0.3, -0.25) is 9.48 Å². The van der Waals surface area contributed by atoms with Crippen LogP contribution in [0.25, 0.3) is 0 Å². The molecule has 1 unspecified atom stereocenters. The highest BCUT2D eigenvalue weighted by Crippen LogP contribution is 2.04. The lowest BCUT2D eigenvalue weighted by Crippen LogP contribution is -2.17. The summed E-state index contributed by atoms with van der Waals surface area (Å²) in [6.07, 6.45) is 3.97. The second-order valence-electron chi connectivity index (χ2n) is 3.79. The number of hydrogen-bond acceptors (Lipinski definition) is 3. The number of aryl methyl sites for hydroxylation is 1. The Balaban J connectivity index is 2.24. The maximum Gasteiger partial charge on any atom is 0.225 e. The van der Waals surface area contributed by atoms with E-state index in [1.54, 1.807) is 16.9 Å². The topological polar surface area (TPSA) is 72.9 Å². The molecule has 0 bridgehead atoms. The minimum Gasteiger partial charge on any atom is -0.328 e. The molecule has 0 aliphatic carbocycles. The predicted molar refractivity (Wildman–Crippen MR) is 59.3 cm³/mol. The summed E-state index contributed by atoms with van der Waals surface area (Å²) in [6.45, 7) is 1.94. The zero-order valence-electron chi connectivity index (χ0n) is 9.23. The number of carbonyl (C=O) groups is 1. The fraction of sp³-hybridized carbons (Fsp3) is 0.600. The van der Waals surface area contributed by atoms with Crippen molar-refractivity contribution in [2.45, 2.75) is 32.2 Å². The van der Waals surface area contributed by atoms with Gasteiger partial charge in [0.05, 0.1) is 0 Å². The van der Waals surface area contributed by atoms with Crippen LogP contribution in [0.4, 0.5) is 5.82 Å². The molecule has 1 rings (SSSR count). The molecule has 0 radical (unpaired) electrons. The molecule has 0 spiro atoms. The van der Waals surface area contributed by atoms with E-state index in [4.69, 9.17) is 5.73 Å². The number of rotatable bonds is 5. The number of carbonyl (C=O) groups excluding carboxylic acids is 1. The average molecular weight is 210 g/mol. The van der Waals surface area contributed by atoms with Crippen molar-refractivity contribution < 1.29 is 4.79 Å². The Labute approximate surface area is 89.6 Å². The Kier molecular flexibility index (Phi) is 4.30. The van der Waals surface area contributed by atoms with Crippen molar-refractivity contribution in [2.75, 3.05) is 5.32 Å². The van der Waals surface area contributed by atoms with Crippen LogP contribution < -0.4 is 11.1 Å². The van der Waals surface area contributed by atoms with Crippen LogP contribution in [0.1, 0.15) is 26.2 Å². The molecule has 0 fully saturated rings. The second-order valence-corrected chi connectivity index (χ2v) is 3.79. The van der Waals surface area contributed by atoms with E-state index in [1.807, 2.05) is 14.0 Å². The van der Waals surface area contributed by atoms with E-state index in [1.165, 1.54) is 0 Å². The van der Waals surface area contributed by atoms with Crippen LogP contribution in [0.3, 0.4) is 0 Å². The molecule has 0 saturated carbocycles. The van der Waals surface area contributed by atoms with E-state index >= 15 is 0 Å². The summed E-state index contributed by atoms with van der Waals surface area (Å²) < 4.78 is 1.65.